The van der Waals surface area contributed by atoms with Crippen LogP contribution in [0.15, 0.2) is 46.1 Å². The maximum atomic E-state index is 15.0. The molecule has 3 heterocycles. The fourth-order valence-electron chi connectivity index (χ4n) is 10.4. The Kier molecular flexibility index (Phi) is 12.4. The first-order chi connectivity index (χ1) is 24.8. The lowest BCUT2D eigenvalue weighted by molar-refractivity contribution is -0.183. The summed E-state index contributed by atoms with van der Waals surface area (Å²) in [5.41, 5.74) is 2.10. The molecule has 2 aliphatic carbocycles. The highest BCUT2D eigenvalue weighted by Gasteiger charge is 2.66. The summed E-state index contributed by atoms with van der Waals surface area (Å²) >= 11 is 0. The van der Waals surface area contributed by atoms with Gasteiger partial charge in [0.25, 0.3) is 0 Å². The minimum absolute atomic E-state index is 0.000361. The monoisotopic (exact) mass is 736 g/mol. The molecular formula is C44H64O9. The van der Waals surface area contributed by atoms with Crippen molar-refractivity contribution in [2.75, 3.05) is 0 Å². The number of carbonyl (C=O) groups is 4. The number of rotatable bonds is 3. The van der Waals surface area contributed by atoms with Crippen LogP contribution in [0.25, 0.3) is 0 Å². The average Bonchev–Trinajstić information content (AvgIpc) is 3.56. The Balaban J connectivity index is 1.70. The summed E-state index contributed by atoms with van der Waals surface area (Å²) < 4.78 is 25.2. The van der Waals surface area contributed by atoms with E-state index in [9.17, 15) is 24.3 Å². The number of allylic oxidation sites excluding steroid dienone is 7. The van der Waals surface area contributed by atoms with E-state index in [1.807, 2.05) is 34.6 Å². The number of hydrogen-bond donors (Lipinski definition) is 1. The summed E-state index contributed by atoms with van der Waals surface area (Å²) in [5.74, 6) is -2.37. The number of esters is 3. The molecule has 10 atom stereocenters. The van der Waals surface area contributed by atoms with Crippen LogP contribution in [0.4, 0.5) is 0 Å². The highest BCUT2D eigenvalue weighted by atomic mass is 16.6. The molecule has 9 heteroatoms. The van der Waals surface area contributed by atoms with Crippen molar-refractivity contribution in [3.05, 3.63) is 46.1 Å². The topological polar surface area (TPSA) is 125 Å². The zero-order valence-electron chi connectivity index (χ0n) is 33.8. The second-order valence-corrected chi connectivity index (χ2v) is 17.9. The maximum Gasteiger partial charge on any atom is 0.314 e. The van der Waals surface area contributed by atoms with E-state index in [4.69, 9.17) is 18.9 Å². The van der Waals surface area contributed by atoms with Gasteiger partial charge in [0.1, 0.15) is 23.9 Å². The first-order valence-corrected chi connectivity index (χ1v) is 19.9. The van der Waals surface area contributed by atoms with Crippen LogP contribution in [0.2, 0.25) is 0 Å². The quantitative estimate of drug-likeness (QED) is 0.173. The Morgan fingerprint density at radius 2 is 1.60 bits per heavy atom. The molecule has 9 unspecified atom stereocenters. The molecule has 0 amide bonds. The fraction of sp³-hybridized carbons (Fsp3) is 0.727. The molecule has 5 aliphatic rings. The molecular weight excluding hydrogens is 672 g/mol. The predicted octanol–water partition coefficient (Wildman–Crippen LogP) is 8.23. The first-order valence-electron chi connectivity index (χ1n) is 19.9. The summed E-state index contributed by atoms with van der Waals surface area (Å²) in [6.45, 7) is 19.0. The van der Waals surface area contributed by atoms with E-state index in [-0.39, 0.29) is 47.9 Å². The number of aliphatic hydroxyl groups is 1. The lowest BCUT2D eigenvalue weighted by Crippen LogP contribution is -2.49. The molecule has 3 aliphatic heterocycles. The van der Waals surface area contributed by atoms with Gasteiger partial charge >= 0.3 is 17.9 Å². The molecule has 0 spiro atoms. The van der Waals surface area contributed by atoms with Crippen LogP contribution in [-0.4, -0.2) is 64.4 Å². The zero-order chi connectivity index (χ0) is 39.0. The van der Waals surface area contributed by atoms with Crippen LogP contribution in [0.1, 0.15) is 140 Å². The standard InChI is InChI=1S/C44H64O9/c1-25(2)39-36(50-30(7)45)22-27(4)13-11-12-26(3)20-32(47)24-44-34-21-28(5)14-15-38(51-31(8)46)43(10)19-17-37(53-43)42(9,49)18-16-33(34)29(6)23-35(44)40(39)52-41(44)48/h13,20-21,25,34-40,49H,11-12,14-19,22-24H2,1-10H3/b26-20-,27-13-,28-21+/t34-,35?,36?,37?,38?,39?,40?,42?,43?,44?/m1/s1. The van der Waals surface area contributed by atoms with Crippen LogP contribution in [0.3, 0.4) is 0 Å². The molecule has 2 fully saturated rings. The summed E-state index contributed by atoms with van der Waals surface area (Å²) in [6, 6.07) is 0. The number of ketones is 1. The third kappa shape index (κ3) is 8.61. The van der Waals surface area contributed by atoms with E-state index in [1.54, 1.807) is 6.08 Å². The van der Waals surface area contributed by atoms with Crippen LogP contribution in [0, 0.1) is 29.1 Å². The van der Waals surface area contributed by atoms with Gasteiger partial charge in [-0.1, -0.05) is 53.9 Å². The van der Waals surface area contributed by atoms with E-state index in [0.29, 0.717) is 57.8 Å². The molecule has 53 heavy (non-hydrogen) atoms. The van der Waals surface area contributed by atoms with E-state index < -0.39 is 47.0 Å². The molecule has 9 nitrogen and oxygen atoms in total. The molecule has 2 saturated heterocycles. The minimum Gasteiger partial charge on any atom is -0.462 e. The summed E-state index contributed by atoms with van der Waals surface area (Å²) in [4.78, 5) is 54.2. The van der Waals surface area contributed by atoms with Crippen LogP contribution >= 0.6 is 0 Å². The van der Waals surface area contributed by atoms with E-state index in [2.05, 4.69) is 32.9 Å². The lowest BCUT2D eigenvalue weighted by Gasteiger charge is -2.46. The number of carbonyl (C=O) groups excluding carboxylic acids is 4. The lowest BCUT2D eigenvalue weighted by atomic mass is 9.53. The number of ether oxygens (including phenoxy) is 4. The van der Waals surface area contributed by atoms with Gasteiger partial charge in [-0.15, -0.1) is 0 Å². The molecule has 0 saturated carbocycles. The smallest absolute Gasteiger partial charge is 0.314 e. The van der Waals surface area contributed by atoms with Crippen molar-refractivity contribution in [1.29, 1.82) is 0 Å². The van der Waals surface area contributed by atoms with Gasteiger partial charge in [-0.2, -0.15) is 0 Å². The minimum atomic E-state index is -1.21. The van der Waals surface area contributed by atoms with Crippen molar-refractivity contribution < 1.29 is 43.2 Å². The number of hydrogen-bond acceptors (Lipinski definition) is 9. The van der Waals surface area contributed by atoms with Gasteiger partial charge in [0.2, 0.25) is 0 Å². The summed E-state index contributed by atoms with van der Waals surface area (Å²) in [6.07, 6.45) is 9.77. The van der Waals surface area contributed by atoms with Crippen LogP contribution < -0.4 is 0 Å². The Bertz CT molecular complexity index is 1580. The van der Waals surface area contributed by atoms with Gasteiger partial charge in [0, 0.05) is 44.4 Å². The normalized spacial score (nSPS) is 41.7. The van der Waals surface area contributed by atoms with Gasteiger partial charge in [-0.05, 0) is 111 Å². The van der Waals surface area contributed by atoms with Crippen molar-refractivity contribution in [2.24, 2.45) is 29.1 Å². The average molecular weight is 737 g/mol. The fourth-order valence-corrected chi connectivity index (χ4v) is 10.4. The molecule has 0 aromatic carbocycles. The van der Waals surface area contributed by atoms with Crippen LogP contribution in [0.5, 0.6) is 0 Å². The van der Waals surface area contributed by atoms with Crippen molar-refractivity contribution >= 4 is 23.7 Å². The van der Waals surface area contributed by atoms with Gasteiger partial charge in [-0.25, -0.2) is 0 Å². The highest BCUT2D eigenvalue weighted by Crippen LogP contribution is 2.61. The molecule has 0 aromatic rings. The zero-order valence-corrected chi connectivity index (χ0v) is 33.8. The molecule has 0 radical (unpaired) electrons. The Morgan fingerprint density at radius 3 is 2.26 bits per heavy atom. The Labute approximate surface area is 317 Å². The SMILES string of the molecule is CC(=O)OC1C/C(C)=C\CC/C(C)=C\C(=O)CC23C(=O)OC(C1C(C)C)C2CC(C)=C1CCC(C)(O)C2CCC(C)(O2)C(OC(C)=O)CC/C(C)=C/[C@H]13. The highest BCUT2D eigenvalue weighted by molar-refractivity contribution is 5.96. The van der Waals surface area contributed by atoms with Crippen LogP contribution in [-0.2, 0) is 38.1 Å². The Hall–Kier alpha value is -3.04. The third-order valence-electron chi connectivity index (χ3n) is 13.2. The largest absolute Gasteiger partial charge is 0.462 e. The molecule has 5 rings (SSSR count). The predicted molar refractivity (Wildman–Crippen MR) is 202 cm³/mol. The van der Waals surface area contributed by atoms with Gasteiger partial charge < -0.3 is 24.1 Å². The molecule has 0 aromatic heterocycles. The number of fused-ring (bicyclic) bond motifs is 3. The molecule has 294 valence electrons. The van der Waals surface area contributed by atoms with Crippen molar-refractivity contribution in [3.8, 4) is 0 Å². The Morgan fingerprint density at radius 1 is 0.906 bits per heavy atom. The van der Waals surface area contributed by atoms with Crippen molar-refractivity contribution in [1.82, 2.24) is 0 Å². The van der Waals surface area contributed by atoms with E-state index in [0.717, 1.165) is 34.3 Å². The second-order valence-electron chi connectivity index (χ2n) is 17.9. The van der Waals surface area contributed by atoms with E-state index in [1.165, 1.54) is 13.8 Å². The maximum absolute atomic E-state index is 15.0. The van der Waals surface area contributed by atoms with Gasteiger partial charge in [0.15, 0.2) is 5.78 Å². The third-order valence-corrected chi connectivity index (χ3v) is 13.2. The summed E-state index contributed by atoms with van der Waals surface area (Å²) in [7, 11) is 0. The molecule has 1 N–H and O–H groups in total. The van der Waals surface area contributed by atoms with Crippen molar-refractivity contribution in [3.63, 3.8) is 0 Å². The second kappa shape index (κ2) is 16.0. The van der Waals surface area contributed by atoms with Gasteiger partial charge in [0.05, 0.1) is 17.1 Å². The first kappa shape index (κ1) is 41.1. The van der Waals surface area contributed by atoms with Gasteiger partial charge in [-0.3, -0.25) is 19.2 Å². The van der Waals surface area contributed by atoms with E-state index >= 15 is 0 Å². The summed E-state index contributed by atoms with van der Waals surface area (Å²) in [5, 5.41) is 12.0. The molecule has 4 bridgehead atoms. The van der Waals surface area contributed by atoms with Crippen molar-refractivity contribution in [2.45, 2.75) is 175 Å².